The fourth-order valence-electron chi connectivity index (χ4n) is 1.51. The molecule has 2 heteroatoms. The molecule has 2 nitrogen and oxygen atoms in total. The van der Waals surface area contributed by atoms with Gasteiger partial charge in [-0.15, -0.1) is 0 Å². The molecular weight excluding hydrogens is 140 g/mol. The van der Waals surface area contributed by atoms with Crippen LogP contribution in [0.25, 0.3) is 0 Å². The molecule has 0 aromatic heterocycles. The Bertz CT molecular complexity index is 123. The summed E-state index contributed by atoms with van der Waals surface area (Å²) in [6.07, 6.45) is 2.26. The highest BCUT2D eigenvalue weighted by molar-refractivity contribution is 4.78. The summed E-state index contributed by atoms with van der Waals surface area (Å²) in [5.41, 5.74) is 0. The summed E-state index contributed by atoms with van der Waals surface area (Å²) in [7, 11) is 0. The molecule has 0 unspecified atom stereocenters. The number of aliphatic hydroxyl groups is 1. The van der Waals surface area contributed by atoms with E-state index in [1.807, 2.05) is 13.8 Å². The van der Waals surface area contributed by atoms with Gasteiger partial charge >= 0.3 is 0 Å². The maximum absolute atomic E-state index is 9.62. The minimum atomic E-state index is -0.278. The number of aliphatic hydroxyl groups excluding tert-OH is 1. The smallest absolute Gasteiger partial charge is 0.0841 e. The molecule has 3 atom stereocenters. The minimum Gasteiger partial charge on any atom is -0.390 e. The molecule has 0 aromatic carbocycles. The summed E-state index contributed by atoms with van der Waals surface area (Å²) in [6, 6.07) is 0. The van der Waals surface area contributed by atoms with Gasteiger partial charge in [0.25, 0.3) is 0 Å². The summed E-state index contributed by atoms with van der Waals surface area (Å²) in [6.45, 7) is 6.11. The molecule has 0 aliphatic carbocycles. The monoisotopic (exact) mass is 158 g/mol. The van der Waals surface area contributed by atoms with Crippen molar-refractivity contribution >= 4 is 0 Å². The Morgan fingerprint density at radius 2 is 2.00 bits per heavy atom. The van der Waals surface area contributed by atoms with E-state index in [1.165, 1.54) is 0 Å². The van der Waals surface area contributed by atoms with E-state index in [0.29, 0.717) is 12.0 Å². The molecule has 11 heavy (non-hydrogen) atoms. The van der Waals surface area contributed by atoms with E-state index in [4.69, 9.17) is 4.74 Å². The van der Waals surface area contributed by atoms with Crippen LogP contribution in [0.15, 0.2) is 0 Å². The van der Waals surface area contributed by atoms with Crippen LogP contribution in [0.3, 0.4) is 0 Å². The lowest BCUT2D eigenvalue weighted by Crippen LogP contribution is -2.30. The summed E-state index contributed by atoms with van der Waals surface area (Å²) in [4.78, 5) is 0. The third-order valence-corrected chi connectivity index (χ3v) is 2.33. The van der Waals surface area contributed by atoms with E-state index < -0.39 is 0 Å². The van der Waals surface area contributed by atoms with E-state index in [2.05, 4.69) is 6.92 Å². The van der Waals surface area contributed by atoms with Crippen molar-refractivity contribution in [3.63, 3.8) is 0 Å². The molecule has 0 saturated carbocycles. The summed E-state index contributed by atoms with van der Waals surface area (Å²) in [5, 5.41) is 9.62. The van der Waals surface area contributed by atoms with Gasteiger partial charge in [-0.3, -0.25) is 0 Å². The fourth-order valence-corrected chi connectivity index (χ4v) is 1.51. The lowest BCUT2D eigenvalue weighted by molar-refractivity contribution is -0.0468. The SMILES string of the molecule is CC(C)[C@@H](O)[C@@H]1CC[C@H](C)O1. The summed E-state index contributed by atoms with van der Waals surface area (Å²) >= 11 is 0. The maximum atomic E-state index is 9.62. The predicted molar refractivity (Wildman–Crippen MR) is 44.4 cm³/mol. The lowest BCUT2D eigenvalue weighted by Gasteiger charge is -2.21. The Kier molecular flexibility index (Phi) is 2.90. The molecule has 1 saturated heterocycles. The maximum Gasteiger partial charge on any atom is 0.0841 e. The number of ether oxygens (including phenoxy) is 1. The zero-order valence-electron chi connectivity index (χ0n) is 7.58. The van der Waals surface area contributed by atoms with Gasteiger partial charge in [-0.25, -0.2) is 0 Å². The van der Waals surface area contributed by atoms with E-state index >= 15 is 0 Å². The second kappa shape index (κ2) is 3.55. The van der Waals surface area contributed by atoms with Gasteiger partial charge < -0.3 is 9.84 Å². The Morgan fingerprint density at radius 1 is 1.36 bits per heavy atom. The molecule has 0 amide bonds. The highest BCUT2D eigenvalue weighted by atomic mass is 16.5. The molecule has 0 spiro atoms. The van der Waals surface area contributed by atoms with Crippen LogP contribution in [-0.2, 0) is 4.74 Å². The van der Waals surface area contributed by atoms with Crippen LogP contribution in [0.5, 0.6) is 0 Å². The Labute approximate surface area is 68.6 Å². The van der Waals surface area contributed by atoms with Gasteiger partial charge in [-0.05, 0) is 25.7 Å². The topological polar surface area (TPSA) is 29.5 Å². The van der Waals surface area contributed by atoms with Crippen molar-refractivity contribution in [1.82, 2.24) is 0 Å². The van der Waals surface area contributed by atoms with Gasteiger partial charge in [0, 0.05) is 0 Å². The summed E-state index contributed by atoms with van der Waals surface area (Å²) in [5.74, 6) is 0.310. The number of rotatable bonds is 2. The van der Waals surface area contributed by atoms with Gasteiger partial charge in [0.15, 0.2) is 0 Å². The highest BCUT2D eigenvalue weighted by Gasteiger charge is 2.29. The standard InChI is InChI=1S/C9H18O2/c1-6(2)9(10)8-5-4-7(3)11-8/h6-10H,4-5H2,1-3H3/t7-,8-,9+/m0/s1. The van der Waals surface area contributed by atoms with Crippen molar-refractivity contribution < 1.29 is 9.84 Å². The van der Waals surface area contributed by atoms with Crippen molar-refractivity contribution in [2.24, 2.45) is 5.92 Å². The molecule has 1 rings (SSSR count). The average molecular weight is 158 g/mol. The third kappa shape index (κ3) is 2.17. The molecule has 1 heterocycles. The highest BCUT2D eigenvalue weighted by Crippen LogP contribution is 2.24. The summed E-state index contributed by atoms with van der Waals surface area (Å²) < 4.78 is 5.53. The molecule has 1 fully saturated rings. The Morgan fingerprint density at radius 3 is 2.36 bits per heavy atom. The Balaban J connectivity index is 2.36. The average Bonchev–Trinajstić information content (AvgIpc) is 2.34. The van der Waals surface area contributed by atoms with Gasteiger partial charge in [-0.2, -0.15) is 0 Å². The lowest BCUT2D eigenvalue weighted by atomic mass is 10.00. The predicted octanol–water partition coefficient (Wildman–Crippen LogP) is 1.57. The first-order chi connectivity index (χ1) is 5.11. The quantitative estimate of drug-likeness (QED) is 0.661. The van der Waals surface area contributed by atoms with Gasteiger partial charge in [-0.1, -0.05) is 13.8 Å². The van der Waals surface area contributed by atoms with Crippen LogP contribution in [0.1, 0.15) is 33.6 Å². The zero-order valence-corrected chi connectivity index (χ0v) is 7.58. The van der Waals surface area contributed by atoms with E-state index in [-0.39, 0.29) is 12.2 Å². The molecule has 1 N–H and O–H groups in total. The number of hydrogen-bond donors (Lipinski definition) is 1. The van der Waals surface area contributed by atoms with E-state index in [9.17, 15) is 5.11 Å². The van der Waals surface area contributed by atoms with Crippen molar-refractivity contribution in [2.45, 2.75) is 51.9 Å². The first-order valence-electron chi connectivity index (χ1n) is 4.44. The molecule has 66 valence electrons. The van der Waals surface area contributed by atoms with Crippen LogP contribution < -0.4 is 0 Å². The minimum absolute atomic E-state index is 0.0880. The van der Waals surface area contributed by atoms with Crippen LogP contribution in [0.4, 0.5) is 0 Å². The molecule has 0 aromatic rings. The first-order valence-corrected chi connectivity index (χ1v) is 4.44. The third-order valence-electron chi connectivity index (χ3n) is 2.33. The van der Waals surface area contributed by atoms with E-state index in [1.54, 1.807) is 0 Å². The molecule has 0 radical (unpaired) electrons. The normalized spacial score (nSPS) is 34.6. The second-order valence-corrected chi connectivity index (χ2v) is 3.80. The van der Waals surface area contributed by atoms with Crippen LogP contribution >= 0.6 is 0 Å². The largest absolute Gasteiger partial charge is 0.390 e. The zero-order chi connectivity index (χ0) is 8.43. The van der Waals surface area contributed by atoms with Crippen molar-refractivity contribution in [2.75, 3.05) is 0 Å². The first kappa shape index (κ1) is 9.01. The van der Waals surface area contributed by atoms with Crippen molar-refractivity contribution in [1.29, 1.82) is 0 Å². The second-order valence-electron chi connectivity index (χ2n) is 3.80. The van der Waals surface area contributed by atoms with Crippen LogP contribution in [-0.4, -0.2) is 23.4 Å². The van der Waals surface area contributed by atoms with E-state index in [0.717, 1.165) is 12.8 Å². The molecule has 0 bridgehead atoms. The fraction of sp³-hybridized carbons (Fsp3) is 1.00. The van der Waals surface area contributed by atoms with Gasteiger partial charge in [0.05, 0.1) is 18.3 Å². The van der Waals surface area contributed by atoms with Crippen molar-refractivity contribution in [3.8, 4) is 0 Å². The van der Waals surface area contributed by atoms with Gasteiger partial charge in [0.1, 0.15) is 0 Å². The molecule has 1 aliphatic heterocycles. The van der Waals surface area contributed by atoms with Crippen LogP contribution in [0.2, 0.25) is 0 Å². The van der Waals surface area contributed by atoms with Gasteiger partial charge in [0.2, 0.25) is 0 Å². The van der Waals surface area contributed by atoms with Crippen LogP contribution in [0, 0.1) is 5.92 Å². The molecular formula is C9H18O2. The van der Waals surface area contributed by atoms with Crippen molar-refractivity contribution in [3.05, 3.63) is 0 Å². The molecule has 1 aliphatic rings. The number of hydrogen-bond acceptors (Lipinski definition) is 2. The Hall–Kier alpha value is -0.0800.